The molecule has 11 heteroatoms. The van der Waals surface area contributed by atoms with Gasteiger partial charge >= 0.3 is 0 Å². The van der Waals surface area contributed by atoms with E-state index >= 15 is 0 Å². The van der Waals surface area contributed by atoms with E-state index in [2.05, 4.69) is 25.3 Å². The molecule has 0 amide bonds. The fourth-order valence-electron chi connectivity index (χ4n) is 5.05. The number of rotatable bonds is 8. The summed E-state index contributed by atoms with van der Waals surface area (Å²) in [4.78, 5) is 37.2. The maximum absolute atomic E-state index is 13.8. The fourth-order valence-corrected chi connectivity index (χ4v) is 5.94. The summed E-state index contributed by atoms with van der Waals surface area (Å²) in [6.45, 7) is 5.48. The Labute approximate surface area is 228 Å². The lowest BCUT2D eigenvalue weighted by Gasteiger charge is -2.29. The normalized spacial score (nSPS) is 16.7. The van der Waals surface area contributed by atoms with Crippen LogP contribution < -0.4 is 10.9 Å². The maximum atomic E-state index is 13.8. The highest BCUT2D eigenvalue weighted by molar-refractivity contribution is 7.91. The highest BCUT2D eigenvalue weighted by Gasteiger charge is 2.31. The van der Waals surface area contributed by atoms with E-state index < -0.39 is 9.84 Å². The number of aryl methyl sites for hydroxylation is 1. The van der Waals surface area contributed by atoms with Gasteiger partial charge in [-0.1, -0.05) is 19.1 Å². The molecule has 1 atom stereocenters. The van der Waals surface area contributed by atoms with Gasteiger partial charge in [-0.2, -0.15) is 0 Å². The molecule has 6 rings (SSSR count). The van der Waals surface area contributed by atoms with E-state index in [1.165, 1.54) is 0 Å². The molecule has 4 aromatic rings. The molecule has 1 aromatic carbocycles. The zero-order valence-corrected chi connectivity index (χ0v) is 23.1. The summed E-state index contributed by atoms with van der Waals surface area (Å²) in [6.07, 6.45) is 8.32. The van der Waals surface area contributed by atoms with Crippen molar-refractivity contribution in [3.63, 3.8) is 0 Å². The van der Waals surface area contributed by atoms with Crippen molar-refractivity contribution in [2.24, 2.45) is 0 Å². The van der Waals surface area contributed by atoms with Gasteiger partial charge in [0.15, 0.2) is 27.1 Å². The Morgan fingerprint density at radius 3 is 2.46 bits per heavy atom. The zero-order chi connectivity index (χ0) is 27.3. The Morgan fingerprint density at radius 2 is 1.82 bits per heavy atom. The van der Waals surface area contributed by atoms with E-state index in [9.17, 15) is 13.2 Å². The summed E-state index contributed by atoms with van der Waals surface area (Å²) in [5, 5.41) is 3.25. The Bertz CT molecular complexity index is 1730. The van der Waals surface area contributed by atoms with E-state index in [-0.39, 0.29) is 35.5 Å². The minimum absolute atomic E-state index is 0. The van der Waals surface area contributed by atoms with Gasteiger partial charge in [-0.3, -0.25) is 9.36 Å². The van der Waals surface area contributed by atoms with Gasteiger partial charge in [-0.05, 0) is 63.6 Å². The second-order valence-corrected chi connectivity index (χ2v) is 12.7. The van der Waals surface area contributed by atoms with Crippen LogP contribution in [0.15, 0.2) is 46.5 Å². The Kier molecular flexibility index (Phi) is 6.41. The molecule has 204 valence electrons. The molecular formula is C28H33N7O3S. The second-order valence-electron chi connectivity index (χ2n) is 10.5. The molecule has 1 N–H and O–H groups in total. The van der Waals surface area contributed by atoms with E-state index in [1.807, 2.05) is 13.8 Å². The lowest BCUT2D eigenvalue weighted by Crippen LogP contribution is -2.33. The van der Waals surface area contributed by atoms with Crippen LogP contribution >= 0.6 is 0 Å². The molecule has 1 unspecified atom stereocenters. The van der Waals surface area contributed by atoms with Crippen molar-refractivity contribution in [2.75, 3.05) is 11.1 Å². The standard InChI is InChI=1S/C28H31N7O3S.H2/c1-4-39(37,38)21-12-10-18(11-13-21)16(2)32-26-28(36)35(20-6-5-7-20)27-22(33-26)14-29-25(34-27)23-17(3)30-15-31-24(23)19-8-9-19;/h10-16,19-20H,4-9H2,1-3H3,(H,32,33);1H. The van der Waals surface area contributed by atoms with Crippen molar-refractivity contribution in [2.45, 2.75) is 75.8 Å². The summed E-state index contributed by atoms with van der Waals surface area (Å²) >= 11 is 0. The van der Waals surface area contributed by atoms with Gasteiger partial charge in [0, 0.05) is 13.4 Å². The van der Waals surface area contributed by atoms with Crippen molar-refractivity contribution in [1.29, 1.82) is 0 Å². The Balaban J connectivity index is 0.00000323. The SMILES string of the molecule is CCS(=O)(=O)c1ccc(C(C)Nc2nc3cnc(-c4c(C)ncnc4C4CC4)nc3n(C3CCC3)c2=O)cc1.[HH]. The number of hydrogen-bond donors (Lipinski definition) is 1. The van der Waals surface area contributed by atoms with Crippen LogP contribution in [0.2, 0.25) is 0 Å². The highest BCUT2D eigenvalue weighted by atomic mass is 32.2. The van der Waals surface area contributed by atoms with E-state index in [0.717, 1.165) is 54.6 Å². The number of hydrogen-bond acceptors (Lipinski definition) is 9. The van der Waals surface area contributed by atoms with Gasteiger partial charge in [0.2, 0.25) is 0 Å². The number of benzene rings is 1. The first-order valence-corrected chi connectivity index (χ1v) is 15.1. The van der Waals surface area contributed by atoms with Gasteiger partial charge < -0.3 is 5.32 Å². The summed E-state index contributed by atoms with van der Waals surface area (Å²) in [7, 11) is -3.28. The van der Waals surface area contributed by atoms with Crippen molar-refractivity contribution in [1.82, 2.24) is 29.5 Å². The minimum Gasteiger partial charge on any atom is -0.359 e. The van der Waals surface area contributed by atoms with Gasteiger partial charge in [0.25, 0.3) is 5.56 Å². The molecule has 3 aromatic heterocycles. The van der Waals surface area contributed by atoms with Crippen LogP contribution in [0, 0.1) is 6.92 Å². The average Bonchev–Trinajstić information content (AvgIpc) is 3.75. The second kappa shape index (κ2) is 9.78. The zero-order valence-electron chi connectivity index (χ0n) is 22.3. The predicted molar refractivity (Wildman–Crippen MR) is 151 cm³/mol. The third kappa shape index (κ3) is 4.69. The monoisotopic (exact) mass is 547 g/mol. The first-order valence-electron chi connectivity index (χ1n) is 13.5. The Hall–Kier alpha value is -3.73. The van der Waals surface area contributed by atoms with E-state index in [4.69, 9.17) is 4.98 Å². The molecule has 2 aliphatic rings. The molecule has 3 heterocycles. The van der Waals surface area contributed by atoms with Gasteiger partial charge in [0.1, 0.15) is 11.8 Å². The number of aromatic nitrogens is 6. The molecule has 2 aliphatic carbocycles. The van der Waals surface area contributed by atoms with E-state index in [1.54, 1.807) is 48.3 Å². The van der Waals surface area contributed by atoms with Crippen molar-refractivity contribution in [3.05, 3.63) is 64.1 Å². The quantitative estimate of drug-likeness (QED) is 0.331. The topological polar surface area (TPSA) is 133 Å². The van der Waals surface area contributed by atoms with Crippen molar-refractivity contribution >= 4 is 26.8 Å². The summed E-state index contributed by atoms with van der Waals surface area (Å²) in [5.41, 5.74) is 4.31. The minimum atomic E-state index is -3.28. The fraction of sp³-hybridized carbons (Fsp3) is 0.429. The van der Waals surface area contributed by atoms with Crippen LogP contribution in [0.5, 0.6) is 0 Å². The van der Waals surface area contributed by atoms with Crippen LogP contribution in [0.4, 0.5) is 5.82 Å². The first-order chi connectivity index (χ1) is 18.8. The molecule has 0 bridgehead atoms. The van der Waals surface area contributed by atoms with Crippen LogP contribution in [0.3, 0.4) is 0 Å². The highest BCUT2D eigenvalue weighted by Crippen LogP contribution is 2.43. The molecule has 0 spiro atoms. The molecule has 2 saturated carbocycles. The molecule has 10 nitrogen and oxygen atoms in total. The largest absolute Gasteiger partial charge is 0.359 e. The first kappa shape index (κ1) is 25.5. The van der Waals surface area contributed by atoms with E-state index in [0.29, 0.717) is 22.9 Å². The summed E-state index contributed by atoms with van der Waals surface area (Å²) in [6, 6.07) is 6.52. The summed E-state index contributed by atoms with van der Waals surface area (Å²) in [5.74, 6) is 1.19. The smallest absolute Gasteiger partial charge is 0.295 e. The molecule has 39 heavy (non-hydrogen) atoms. The molecule has 0 saturated heterocycles. The number of fused-ring (bicyclic) bond motifs is 1. The molecule has 2 fully saturated rings. The van der Waals surface area contributed by atoms with Crippen LogP contribution in [0.25, 0.3) is 22.6 Å². The predicted octanol–water partition coefficient (Wildman–Crippen LogP) is 4.77. The number of sulfone groups is 1. The molecule has 0 radical (unpaired) electrons. The third-order valence-electron chi connectivity index (χ3n) is 7.80. The van der Waals surface area contributed by atoms with Crippen LogP contribution in [0.1, 0.15) is 82.3 Å². The molecule has 0 aliphatic heterocycles. The van der Waals surface area contributed by atoms with Gasteiger partial charge in [0.05, 0.1) is 39.8 Å². The average molecular weight is 548 g/mol. The lowest BCUT2D eigenvalue weighted by atomic mass is 9.93. The van der Waals surface area contributed by atoms with Gasteiger partial charge in [-0.15, -0.1) is 0 Å². The Morgan fingerprint density at radius 1 is 1.08 bits per heavy atom. The maximum Gasteiger partial charge on any atom is 0.295 e. The number of nitrogens with one attached hydrogen (secondary N) is 1. The number of anilines is 1. The van der Waals surface area contributed by atoms with Crippen LogP contribution in [-0.4, -0.2) is 43.7 Å². The molecular weight excluding hydrogens is 514 g/mol. The third-order valence-corrected chi connectivity index (χ3v) is 9.55. The summed E-state index contributed by atoms with van der Waals surface area (Å²) < 4.78 is 26.1. The van der Waals surface area contributed by atoms with Crippen molar-refractivity contribution < 1.29 is 9.84 Å². The lowest BCUT2D eigenvalue weighted by molar-refractivity contribution is 0.313. The number of nitrogens with zero attached hydrogens (tertiary/aromatic N) is 6. The van der Waals surface area contributed by atoms with Crippen molar-refractivity contribution in [3.8, 4) is 11.4 Å². The van der Waals surface area contributed by atoms with Gasteiger partial charge in [-0.25, -0.2) is 33.3 Å². The van der Waals surface area contributed by atoms with Crippen LogP contribution in [-0.2, 0) is 9.84 Å².